The molecule has 0 saturated carbocycles. The van der Waals surface area contributed by atoms with Crippen molar-refractivity contribution >= 4 is 61.9 Å². The fourth-order valence-corrected chi connectivity index (χ4v) is 12.0. The molecular formula is C61H50N6O10S. The van der Waals surface area contributed by atoms with Crippen LogP contribution in [0.5, 0.6) is 5.75 Å². The molecule has 6 unspecified atom stereocenters. The van der Waals surface area contributed by atoms with Crippen molar-refractivity contribution in [2.45, 2.75) is 42.8 Å². The standard InChI is InChI=1S/C61H50N6O10S/c1-64(37-40-14-5-2-6-15-40)33-13-16-39-25-32-49-47(36-39)61(58(71)65(49)60(72)76-38-41-23-28-45(29-24-41)67(73)74)51(56(69)63-59-62-48-21-11-12-22-50(48)78-59)53-57(70)77-54(43-19-9-4-10-20-43)52(42-17-7-3-8-18-42)66(53)55(61)44-26-30-46(31-27-44)75-35-34-68/h2-12,14-15,17-32,36,51-55,68H,33-35,37-38H2,1H3,(H,62,63,69). The molecule has 6 atom stereocenters. The van der Waals surface area contributed by atoms with Crippen LogP contribution in [0.3, 0.4) is 0 Å². The maximum absolute atomic E-state index is 16.8. The lowest BCUT2D eigenvalue weighted by atomic mass is 9.65. The van der Waals surface area contributed by atoms with Gasteiger partial charge in [-0.25, -0.2) is 14.7 Å². The summed E-state index contributed by atoms with van der Waals surface area (Å²) < 4.78 is 19.2. The van der Waals surface area contributed by atoms with Crippen LogP contribution >= 0.6 is 11.3 Å². The highest BCUT2D eigenvalue weighted by Gasteiger charge is 2.76. The lowest BCUT2D eigenvalue weighted by molar-refractivity contribution is -0.384. The molecule has 0 radical (unpaired) electrons. The maximum atomic E-state index is 16.8. The predicted octanol–water partition coefficient (Wildman–Crippen LogP) is 9.70. The minimum absolute atomic E-state index is 0.00423. The van der Waals surface area contributed by atoms with Gasteiger partial charge in [0.05, 0.1) is 52.0 Å². The second-order valence-electron chi connectivity index (χ2n) is 19.2. The number of hydrogen-bond acceptors (Lipinski definition) is 14. The van der Waals surface area contributed by atoms with Crippen LogP contribution in [-0.4, -0.2) is 81.5 Å². The van der Waals surface area contributed by atoms with E-state index < -0.39 is 64.4 Å². The number of para-hydroxylation sites is 1. The lowest BCUT2D eigenvalue weighted by Crippen LogP contribution is -2.54. The zero-order valence-electron chi connectivity index (χ0n) is 42.0. The van der Waals surface area contributed by atoms with Crippen molar-refractivity contribution in [3.63, 3.8) is 0 Å². The number of benzene rings is 7. The quantitative estimate of drug-likeness (QED) is 0.0453. The van der Waals surface area contributed by atoms with E-state index >= 15 is 19.2 Å². The predicted molar refractivity (Wildman–Crippen MR) is 292 cm³/mol. The first-order valence-corrected chi connectivity index (χ1v) is 26.0. The number of nitro benzene ring substituents is 1. The molecule has 2 N–H and O–H groups in total. The SMILES string of the molecule is CN(CC#Cc1ccc2c(c1)C1(C(=O)N2C(=O)OCc2ccc([N+](=O)[O-])cc2)C(C(=O)Nc2nc3ccccc3s2)C2C(=O)OC(c3ccccc3)C(c3ccccc3)N2C1c1ccc(OCCO)cc1)Cc1ccccc1. The zero-order valence-corrected chi connectivity index (χ0v) is 42.8. The van der Waals surface area contributed by atoms with Gasteiger partial charge in [0, 0.05) is 24.2 Å². The van der Waals surface area contributed by atoms with E-state index in [0.29, 0.717) is 52.2 Å². The summed E-state index contributed by atoms with van der Waals surface area (Å²) in [6.45, 7) is 0.375. The summed E-state index contributed by atoms with van der Waals surface area (Å²) in [5.41, 5.74) is 2.45. The number of rotatable bonds is 14. The highest BCUT2D eigenvalue weighted by atomic mass is 32.1. The number of thiazole rings is 1. The Labute approximate surface area is 452 Å². The first-order chi connectivity index (χ1) is 38.0. The Balaban J connectivity index is 1.14. The van der Waals surface area contributed by atoms with Crippen molar-refractivity contribution in [3.8, 4) is 17.6 Å². The van der Waals surface area contributed by atoms with E-state index in [-0.39, 0.29) is 41.9 Å². The highest BCUT2D eigenvalue weighted by Crippen LogP contribution is 2.66. The Morgan fingerprint density at radius 3 is 2.19 bits per heavy atom. The molecule has 4 heterocycles. The van der Waals surface area contributed by atoms with E-state index in [4.69, 9.17) is 19.2 Å². The van der Waals surface area contributed by atoms with E-state index in [9.17, 15) is 15.2 Å². The van der Waals surface area contributed by atoms with E-state index in [1.807, 2.05) is 127 Å². The van der Waals surface area contributed by atoms with Crippen LogP contribution in [0, 0.1) is 27.9 Å². The third kappa shape index (κ3) is 9.62. The van der Waals surface area contributed by atoms with Gasteiger partial charge in [0.2, 0.25) is 11.8 Å². The summed E-state index contributed by atoms with van der Waals surface area (Å²) in [6, 6.07) is 49.9. The summed E-state index contributed by atoms with van der Waals surface area (Å²) in [4.78, 5) is 84.1. The van der Waals surface area contributed by atoms with Gasteiger partial charge >= 0.3 is 12.1 Å². The third-order valence-corrected chi connectivity index (χ3v) is 15.3. The summed E-state index contributed by atoms with van der Waals surface area (Å²) in [7, 11) is 1.96. The molecule has 8 aromatic rings. The summed E-state index contributed by atoms with van der Waals surface area (Å²) in [5, 5.41) is 24.4. The van der Waals surface area contributed by atoms with Gasteiger partial charge in [-0.2, -0.15) is 0 Å². The van der Waals surface area contributed by atoms with E-state index in [1.54, 1.807) is 42.5 Å². The number of anilines is 2. The largest absolute Gasteiger partial charge is 0.491 e. The average Bonchev–Trinajstić information content (AvgIpc) is 2.86. The van der Waals surface area contributed by atoms with Gasteiger partial charge in [0.15, 0.2) is 5.13 Å². The number of imide groups is 1. The van der Waals surface area contributed by atoms with Gasteiger partial charge in [-0.1, -0.05) is 138 Å². The number of aliphatic hydroxyl groups is 1. The fourth-order valence-electron chi connectivity index (χ4n) is 11.1. The number of hydrogen-bond donors (Lipinski definition) is 2. The minimum Gasteiger partial charge on any atom is -0.491 e. The number of non-ortho nitro benzene ring substituents is 1. The third-order valence-electron chi connectivity index (χ3n) is 14.4. The molecule has 78 heavy (non-hydrogen) atoms. The molecule has 1 spiro atoms. The first kappa shape index (κ1) is 51.1. The number of nitro groups is 1. The molecule has 3 amide bonds. The molecule has 2 saturated heterocycles. The number of nitrogens with one attached hydrogen (secondary N) is 1. The average molecular weight is 1060 g/mol. The molecule has 0 bridgehead atoms. The van der Waals surface area contributed by atoms with Gasteiger partial charge in [-0.15, -0.1) is 0 Å². The van der Waals surface area contributed by atoms with Gasteiger partial charge in [0.25, 0.3) is 5.69 Å². The van der Waals surface area contributed by atoms with Crippen LogP contribution in [0.2, 0.25) is 0 Å². The second kappa shape index (κ2) is 21.9. The van der Waals surface area contributed by atoms with Crippen LogP contribution < -0.4 is 15.0 Å². The van der Waals surface area contributed by atoms with Crippen LogP contribution in [0.25, 0.3) is 10.2 Å². The van der Waals surface area contributed by atoms with E-state index in [1.165, 1.54) is 35.6 Å². The topological polar surface area (TPSA) is 194 Å². The van der Waals surface area contributed by atoms with Crippen molar-refractivity contribution in [3.05, 3.63) is 231 Å². The smallest absolute Gasteiger partial charge is 0.421 e. The number of fused-ring (bicyclic) bond motifs is 4. The fraction of sp³-hybridized carbons (Fsp3) is 0.197. The van der Waals surface area contributed by atoms with Crippen LogP contribution in [0.4, 0.5) is 21.3 Å². The first-order valence-electron chi connectivity index (χ1n) is 25.2. The number of nitrogens with zero attached hydrogens (tertiary/aromatic N) is 5. The molecule has 2 fully saturated rings. The van der Waals surface area contributed by atoms with Gasteiger partial charge in [0.1, 0.15) is 36.5 Å². The van der Waals surface area contributed by atoms with Crippen molar-refractivity contribution in [2.24, 2.45) is 5.92 Å². The Kier molecular flexibility index (Phi) is 14.3. The summed E-state index contributed by atoms with van der Waals surface area (Å²) in [5.74, 6) is 2.96. The Morgan fingerprint density at radius 2 is 1.50 bits per heavy atom. The molecule has 7 aromatic carbocycles. The number of cyclic esters (lactones) is 1. The molecule has 1 aromatic heterocycles. The van der Waals surface area contributed by atoms with Crippen molar-refractivity contribution in [2.75, 3.05) is 37.0 Å². The Bertz CT molecular complexity index is 3580. The molecule has 3 aliphatic heterocycles. The van der Waals surface area contributed by atoms with Crippen LogP contribution in [-0.2, 0) is 42.4 Å². The van der Waals surface area contributed by atoms with Crippen LogP contribution in [0.1, 0.15) is 57.1 Å². The lowest BCUT2D eigenvalue weighted by Gasteiger charge is -2.46. The molecule has 0 aliphatic carbocycles. The summed E-state index contributed by atoms with van der Waals surface area (Å²) in [6.07, 6.45) is -2.07. The van der Waals surface area contributed by atoms with Crippen LogP contribution in [0.15, 0.2) is 182 Å². The van der Waals surface area contributed by atoms with Gasteiger partial charge in [-0.05, 0) is 95.0 Å². The molecule has 11 rings (SSSR count). The number of aromatic nitrogens is 1. The van der Waals surface area contributed by atoms with E-state index in [2.05, 4.69) is 22.1 Å². The zero-order chi connectivity index (χ0) is 53.9. The number of carbonyl (C=O) groups excluding carboxylic acids is 4. The normalized spacial score (nSPS) is 20.4. The van der Waals surface area contributed by atoms with Crippen molar-refractivity contribution in [1.29, 1.82) is 0 Å². The Hall–Kier alpha value is -9.05. The summed E-state index contributed by atoms with van der Waals surface area (Å²) >= 11 is 1.23. The number of ether oxygens (including phenoxy) is 3. The van der Waals surface area contributed by atoms with Gasteiger partial charge in [-0.3, -0.25) is 34.3 Å². The molecular weight excluding hydrogens is 1010 g/mol. The number of amides is 3. The second-order valence-corrected chi connectivity index (χ2v) is 20.2. The number of carbonyl (C=O) groups is 4. The Morgan fingerprint density at radius 1 is 0.821 bits per heavy atom. The maximum Gasteiger partial charge on any atom is 0.421 e. The van der Waals surface area contributed by atoms with Crippen molar-refractivity contribution in [1.82, 2.24) is 14.8 Å². The number of aliphatic hydroxyl groups excluding tert-OH is 1. The minimum atomic E-state index is -2.15. The number of esters is 1. The highest BCUT2D eigenvalue weighted by molar-refractivity contribution is 7.22. The number of morpholine rings is 1. The molecule has 16 nitrogen and oxygen atoms in total. The van der Waals surface area contributed by atoms with E-state index in [0.717, 1.165) is 15.2 Å². The van der Waals surface area contributed by atoms with Gasteiger partial charge < -0.3 is 24.6 Å². The monoisotopic (exact) mass is 1060 g/mol. The van der Waals surface area contributed by atoms with Crippen molar-refractivity contribution < 1.29 is 43.4 Å². The molecule has 3 aliphatic rings. The molecule has 17 heteroatoms. The molecule has 390 valence electrons.